The highest BCUT2D eigenvalue weighted by molar-refractivity contribution is 6.25. The molecule has 2 aromatic heterocycles. The van der Waals surface area contributed by atoms with Crippen LogP contribution < -0.4 is 0 Å². The Balaban J connectivity index is 1.23. The van der Waals surface area contributed by atoms with Gasteiger partial charge in [0.05, 0.1) is 28.6 Å². The maximum absolute atomic E-state index is 2.65. The summed E-state index contributed by atoms with van der Waals surface area (Å²) in [6.45, 7) is 2.46. The summed E-state index contributed by atoms with van der Waals surface area (Å²) in [5.41, 5.74) is 7.89. The molecule has 0 fully saturated rings. The van der Waals surface area contributed by atoms with Crippen molar-refractivity contribution in [3.8, 4) is 11.1 Å². The molecule has 0 aliphatic heterocycles. The lowest BCUT2D eigenvalue weighted by Gasteiger charge is -2.34. The average molecular weight is 633 g/mol. The summed E-state index contributed by atoms with van der Waals surface area (Å²) < 4.78 is 5.28. The van der Waals surface area contributed by atoms with Crippen molar-refractivity contribution in [3.05, 3.63) is 158 Å². The molecule has 2 nitrogen and oxygen atoms in total. The van der Waals surface area contributed by atoms with E-state index >= 15 is 0 Å². The molecular weight excluding hydrogens is 593 g/mol. The number of allylic oxidation sites excluding steroid dienone is 10. The lowest BCUT2D eigenvalue weighted by molar-refractivity contribution is 0.300. The first-order valence-corrected chi connectivity index (χ1v) is 18.1. The molecule has 5 aromatic carbocycles. The van der Waals surface area contributed by atoms with Crippen molar-refractivity contribution in [1.29, 1.82) is 0 Å². The van der Waals surface area contributed by atoms with Crippen LogP contribution in [-0.4, -0.2) is 9.13 Å². The molecule has 0 amide bonds. The average Bonchev–Trinajstić information content (AvgIpc) is 3.69. The van der Waals surface area contributed by atoms with Crippen molar-refractivity contribution in [1.82, 2.24) is 9.13 Å². The molecule has 10 rings (SSSR count). The molecule has 2 heterocycles. The fraction of sp³-hybridized carbons (Fsp3) is 0.191. The first-order valence-electron chi connectivity index (χ1n) is 18.1. The molecule has 5 unspecified atom stereocenters. The van der Waals surface area contributed by atoms with Crippen LogP contribution in [0.2, 0.25) is 0 Å². The van der Waals surface area contributed by atoms with Crippen LogP contribution in [0.25, 0.3) is 65.5 Å². The summed E-state index contributed by atoms with van der Waals surface area (Å²) in [6, 6.07) is 37.2. The molecule has 3 aliphatic carbocycles. The normalized spacial score (nSPS) is 23.6. The monoisotopic (exact) mass is 632 g/mol. The Kier molecular flexibility index (Phi) is 6.65. The lowest BCUT2D eigenvalue weighted by atomic mass is 9.76. The van der Waals surface area contributed by atoms with E-state index in [2.05, 4.69) is 174 Å². The third kappa shape index (κ3) is 4.40. The Labute approximate surface area is 287 Å². The van der Waals surface area contributed by atoms with Crippen LogP contribution in [0.15, 0.2) is 158 Å². The molecule has 5 atom stereocenters. The third-order valence-electron chi connectivity index (χ3n) is 11.7. The van der Waals surface area contributed by atoms with E-state index in [1.807, 2.05) is 0 Å². The first kappa shape index (κ1) is 28.7. The molecule has 7 aromatic rings. The highest BCUT2D eigenvalue weighted by Crippen LogP contribution is 2.47. The van der Waals surface area contributed by atoms with E-state index in [-0.39, 0.29) is 6.04 Å². The smallest absolute Gasteiger partial charge is 0.0577 e. The van der Waals surface area contributed by atoms with Gasteiger partial charge in [-0.15, -0.1) is 0 Å². The van der Waals surface area contributed by atoms with Gasteiger partial charge < -0.3 is 9.13 Å². The topological polar surface area (TPSA) is 9.86 Å². The minimum Gasteiger partial charge on any atom is -0.333 e. The molecular formula is C47H40N2. The summed E-state index contributed by atoms with van der Waals surface area (Å²) >= 11 is 0. The van der Waals surface area contributed by atoms with Crippen molar-refractivity contribution in [2.75, 3.05) is 0 Å². The molecule has 0 bridgehead atoms. The summed E-state index contributed by atoms with van der Waals surface area (Å²) in [6.07, 6.45) is 26.6. The highest BCUT2D eigenvalue weighted by atomic mass is 15.0. The summed E-state index contributed by atoms with van der Waals surface area (Å²) in [7, 11) is 0. The molecule has 2 heteroatoms. The summed E-state index contributed by atoms with van der Waals surface area (Å²) in [5, 5.41) is 7.98. The van der Waals surface area contributed by atoms with Gasteiger partial charge in [0, 0.05) is 32.6 Å². The van der Waals surface area contributed by atoms with Crippen LogP contribution in [0.4, 0.5) is 0 Å². The number of aromatic nitrogens is 2. The van der Waals surface area contributed by atoms with Crippen LogP contribution in [-0.2, 0) is 0 Å². The van der Waals surface area contributed by atoms with Gasteiger partial charge >= 0.3 is 0 Å². The van der Waals surface area contributed by atoms with E-state index in [4.69, 9.17) is 0 Å². The fourth-order valence-electron chi connectivity index (χ4n) is 9.45. The van der Waals surface area contributed by atoms with Gasteiger partial charge in [-0.3, -0.25) is 0 Å². The number of nitrogens with zero attached hydrogens (tertiary/aromatic N) is 2. The molecule has 0 saturated heterocycles. The van der Waals surface area contributed by atoms with Crippen molar-refractivity contribution in [2.45, 2.75) is 38.3 Å². The first-order chi connectivity index (χ1) is 24.3. The molecule has 0 saturated carbocycles. The van der Waals surface area contributed by atoms with Gasteiger partial charge in [-0.25, -0.2) is 0 Å². The van der Waals surface area contributed by atoms with E-state index in [1.165, 1.54) is 71.9 Å². The number of benzene rings is 5. The zero-order chi connectivity index (χ0) is 32.5. The Bertz CT molecular complexity index is 2580. The van der Waals surface area contributed by atoms with Crippen LogP contribution in [0.3, 0.4) is 0 Å². The van der Waals surface area contributed by atoms with E-state index in [0.29, 0.717) is 23.8 Å². The number of hydrogen-bond donors (Lipinski definition) is 0. The van der Waals surface area contributed by atoms with Crippen LogP contribution in [0, 0.1) is 17.8 Å². The molecule has 238 valence electrons. The largest absolute Gasteiger partial charge is 0.333 e. The van der Waals surface area contributed by atoms with E-state index in [9.17, 15) is 0 Å². The highest BCUT2D eigenvalue weighted by Gasteiger charge is 2.31. The number of fused-ring (bicyclic) bond motifs is 8. The Morgan fingerprint density at radius 2 is 1.24 bits per heavy atom. The maximum atomic E-state index is 2.65. The second kappa shape index (κ2) is 11.4. The zero-order valence-corrected chi connectivity index (χ0v) is 27.9. The molecule has 49 heavy (non-hydrogen) atoms. The Hall–Kier alpha value is -5.34. The van der Waals surface area contributed by atoms with Crippen molar-refractivity contribution in [3.63, 3.8) is 0 Å². The van der Waals surface area contributed by atoms with Gasteiger partial charge in [0.1, 0.15) is 0 Å². The van der Waals surface area contributed by atoms with Crippen LogP contribution in [0.5, 0.6) is 0 Å². The molecule has 0 spiro atoms. The number of hydrogen-bond acceptors (Lipinski definition) is 0. The van der Waals surface area contributed by atoms with Crippen molar-refractivity contribution in [2.24, 2.45) is 17.8 Å². The zero-order valence-electron chi connectivity index (χ0n) is 27.9. The second-order valence-electron chi connectivity index (χ2n) is 14.4. The van der Waals surface area contributed by atoms with Gasteiger partial charge in [0.25, 0.3) is 0 Å². The van der Waals surface area contributed by atoms with Crippen LogP contribution in [0.1, 0.15) is 38.3 Å². The number of rotatable bonds is 4. The van der Waals surface area contributed by atoms with E-state index in [0.717, 1.165) is 12.8 Å². The van der Waals surface area contributed by atoms with Crippen molar-refractivity contribution < 1.29 is 0 Å². The fourth-order valence-corrected chi connectivity index (χ4v) is 9.45. The molecule has 3 aliphatic rings. The van der Waals surface area contributed by atoms with E-state index < -0.39 is 0 Å². The standard InChI is InChI=1S/C47H40N2/c1-31-30-34(32-14-4-2-5-15-32)27-28-41(31)49-42-24-11-10-20-39(42)46-37(21-13-25-43(46)49)38-22-12-23-40-45-36-19-9-8-16-33(36)26-29-44(45)48(47(38)40)35-17-6-3-7-18-35/h2-14,16-17,19-29,31-32,34-35,41H,15,18,30H2,1H3. The quantitative estimate of drug-likeness (QED) is 0.171. The Morgan fingerprint density at radius 3 is 2.08 bits per heavy atom. The predicted molar refractivity (Wildman–Crippen MR) is 209 cm³/mol. The maximum Gasteiger partial charge on any atom is 0.0577 e. The van der Waals surface area contributed by atoms with Gasteiger partial charge in [0.15, 0.2) is 0 Å². The molecule has 0 radical (unpaired) electrons. The second-order valence-corrected chi connectivity index (χ2v) is 14.4. The minimum atomic E-state index is 0.253. The number of para-hydroxylation sites is 2. The summed E-state index contributed by atoms with van der Waals surface area (Å²) in [4.78, 5) is 0. The Morgan fingerprint density at radius 1 is 0.510 bits per heavy atom. The van der Waals surface area contributed by atoms with Gasteiger partial charge in [-0.05, 0) is 71.6 Å². The lowest BCUT2D eigenvalue weighted by Crippen LogP contribution is -2.25. The van der Waals surface area contributed by atoms with Crippen LogP contribution >= 0.6 is 0 Å². The summed E-state index contributed by atoms with van der Waals surface area (Å²) in [5.74, 6) is 1.73. The third-order valence-corrected chi connectivity index (χ3v) is 11.7. The van der Waals surface area contributed by atoms with Gasteiger partial charge in [-0.1, -0.05) is 147 Å². The molecule has 0 N–H and O–H groups in total. The minimum absolute atomic E-state index is 0.253. The van der Waals surface area contributed by atoms with Gasteiger partial charge in [0.2, 0.25) is 0 Å². The SMILES string of the molecule is CC1CC(C2C=CC=CC2)C=CC1n1c2ccccc2c2c(-c3cccc4c5c6ccccc6ccc5n(C5C=CC=CC5)c34)cccc21. The van der Waals surface area contributed by atoms with Gasteiger partial charge in [-0.2, -0.15) is 0 Å². The predicted octanol–water partition coefficient (Wildman–Crippen LogP) is 12.7. The van der Waals surface area contributed by atoms with E-state index in [1.54, 1.807) is 0 Å². The van der Waals surface area contributed by atoms with Crippen molar-refractivity contribution >= 4 is 54.4 Å².